The Morgan fingerprint density at radius 2 is 1.43 bits per heavy atom. The molecule has 0 fully saturated rings. The zero-order valence-electron chi connectivity index (χ0n) is 3.24. The van der Waals surface area contributed by atoms with Crippen LogP contribution < -0.4 is 9.60 Å². The maximum Gasteiger partial charge on any atom is 2.00 e. The van der Waals surface area contributed by atoms with Gasteiger partial charge in [-0.3, -0.25) is 4.57 Å². The van der Waals surface area contributed by atoms with Crippen LogP contribution in [0.3, 0.4) is 0 Å². The molecule has 7 heteroatoms. The molecule has 0 aliphatic heterocycles. The first-order valence-corrected chi connectivity index (χ1v) is 2.30. The summed E-state index contributed by atoms with van der Waals surface area (Å²) in [5, 5.41) is 0. The van der Waals surface area contributed by atoms with Gasteiger partial charge in [-0.1, -0.05) is 0 Å². The van der Waals surface area contributed by atoms with Crippen LogP contribution in [0, 0.1) is 0 Å². The monoisotopic (exact) mass is 156 g/mol. The van der Waals surface area contributed by atoms with Crippen LogP contribution in [-0.2, 0) is 4.57 Å². The molecule has 0 aromatic rings. The molecule has 0 unspecified atom stereocenters. The maximum absolute atomic E-state index is 8.77. The van der Waals surface area contributed by atoms with Crippen molar-refractivity contribution in [2.75, 3.05) is 0 Å². The van der Waals surface area contributed by atoms with Crippen LogP contribution in [0.25, 0.3) is 0 Å². The fraction of sp³-hybridized carbons (Fsp3) is 0. The number of phosphoric acid groups is 1. The molecule has 0 heterocycles. The summed E-state index contributed by atoms with van der Waals surface area (Å²) >= 11 is 0. The smallest absolute Gasteiger partial charge is 1.00 e. The Balaban J connectivity index is -0.0000000800. The largest absolute Gasteiger partial charge is 2.00 e. The Bertz CT molecular complexity index is 57.8. The van der Waals surface area contributed by atoms with E-state index in [1.807, 2.05) is 0 Å². The van der Waals surface area contributed by atoms with E-state index < -0.39 is 7.82 Å². The molecule has 0 aliphatic carbocycles. The van der Waals surface area contributed by atoms with Crippen molar-refractivity contribution in [3.63, 3.8) is 0 Å². The van der Waals surface area contributed by atoms with Gasteiger partial charge in [0.1, 0.15) is 0 Å². The molecule has 2 N–H and O–H groups in total. The van der Waals surface area contributed by atoms with Crippen molar-refractivity contribution in [2.24, 2.45) is 0 Å². The summed E-state index contributed by atoms with van der Waals surface area (Å²) in [6.45, 7) is 0. The van der Waals surface area contributed by atoms with Crippen molar-refractivity contribution < 1.29 is 23.9 Å². The average Bonchev–Trinajstić information content (AvgIpc) is 0.722. The van der Waals surface area contributed by atoms with Crippen LogP contribution in [0.15, 0.2) is 0 Å². The first-order valence-electron chi connectivity index (χ1n) is 0.765. The van der Waals surface area contributed by atoms with Crippen molar-refractivity contribution in [1.29, 1.82) is 0 Å². The van der Waals surface area contributed by atoms with Crippen LogP contribution in [0.5, 0.6) is 0 Å². The minimum Gasteiger partial charge on any atom is -1.00 e. The molecular weight excluding hydrogens is 154 g/mol. The van der Waals surface area contributed by atoms with Crippen LogP contribution in [-0.4, -0.2) is 47.5 Å². The Kier molecular flexibility index (Phi) is 12.2. The first-order chi connectivity index (χ1) is 2.00. The van der Waals surface area contributed by atoms with E-state index >= 15 is 0 Å². The fourth-order valence-electron chi connectivity index (χ4n) is 0. The Hall–Kier alpha value is 1.30. The molecule has 0 aromatic heterocycles. The zero-order chi connectivity index (χ0) is 4.50. The van der Waals surface area contributed by atoms with Gasteiger partial charge in [0.25, 0.3) is 7.82 Å². The predicted octanol–water partition coefficient (Wildman–Crippen LogP) is -4.94. The van der Waals surface area contributed by atoms with Crippen LogP contribution in [0.1, 0.15) is 0 Å². The predicted molar refractivity (Wildman–Crippen MR) is 17.8 cm³/mol. The van der Waals surface area contributed by atoms with Crippen molar-refractivity contribution in [2.45, 2.75) is 0 Å². The van der Waals surface area contributed by atoms with Gasteiger partial charge in [-0.15, -0.1) is 0 Å². The van der Waals surface area contributed by atoms with E-state index in [1.54, 1.807) is 0 Å². The van der Waals surface area contributed by atoms with Crippen LogP contribution in [0.2, 0.25) is 0 Å². The molecule has 0 aliphatic rings. The van der Waals surface area contributed by atoms with E-state index in [-0.39, 0.29) is 42.4 Å². The molecule has 0 amide bonds. The van der Waals surface area contributed by atoms with Gasteiger partial charge in [-0.2, -0.15) is 0 Å². The normalized spacial score (nSPS) is 8.43. The molecule has 7 heavy (non-hydrogen) atoms. The third kappa shape index (κ3) is 121. The average molecular weight is 156 g/mol. The molecule has 0 saturated carbocycles. The van der Waals surface area contributed by atoms with E-state index in [2.05, 4.69) is 0 Å². The molecule has 0 radical (unpaired) electrons. The summed E-state index contributed by atoms with van der Waals surface area (Å²) in [5.41, 5.74) is 0. The molecule has 0 aromatic carbocycles. The van der Waals surface area contributed by atoms with Crippen LogP contribution in [0.4, 0.5) is 0 Å². The molecular formula is H2CaFO4P. The van der Waals surface area contributed by atoms with Crippen molar-refractivity contribution in [3.05, 3.63) is 0 Å². The third-order valence-corrected chi connectivity index (χ3v) is 0. The number of hydrogen-bond donors (Lipinski definition) is 2. The Labute approximate surface area is 69.2 Å². The van der Waals surface area contributed by atoms with Gasteiger partial charge in [0, 0.05) is 0 Å². The van der Waals surface area contributed by atoms with E-state index in [9.17, 15) is 0 Å². The molecule has 0 rings (SSSR count). The minimum absolute atomic E-state index is 0. The molecule has 0 bridgehead atoms. The summed E-state index contributed by atoms with van der Waals surface area (Å²) in [6.07, 6.45) is 0. The second-order valence-electron chi connectivity index (χ2n) is 0.491. The van der Waals surface area contributed by atoms with E-state index in [4.69, 9.17) is 19.2 Å². The molecule has 0 saturated heterocycles. The standard InChI is InChI=1S/Ca.FH.H3O4P/c;;1-5(2,3)4/h;1H;(H3,1,2,3,4)/q+2;;/p-2. The minimum atomic E-state index is -4.89. The van der Waals surface area contributed by atoms with E-state index in [0.717, 1.165) is 0 Å². The molecule has 4 nitrogen and oxygen atoms in total. The third-order valence-electron chi connectivity index (χ3n) is 0. The quantitative estimate of drug-likeness (QED) is 0.272. The second-order valence-corrected chi connectivity index (χ2v) is 1.47. The number of hydrogen-bond acceptors (Lipinski definition) is 2. The van der Waals surface area contributed by atoms with Crippen molar-refractivity contribution in [1.82, 2.24) is 0 Å². The van der Waals surface area contributed by atoms with Gasteiger partial charge in [0.05, 0.1) is 0 Å². The Morgan fingerprint density at radius 1 is 1.43 bits per heavy atom. The topological polar surface area (TPSA) is 80.6 Å². The van der Waals surface area contributed by atoms with Gasteiger partial charge >= 0.3 is 37.7 Å². The first kappa shape index (κ1) is 15.7. The van der Waals surface area contributed by atoms with Crippen molar-refractivity contribution in [3.8, 4) is 0 Å². The SMILES string of the molecule is O=P([O-])(O)O.[Ca+2].[F-]. The number of halogens is 1. The summed E-state index contributed by atoms with van der Waals surface area (Å²) in [4.78, 5) is 22.9. The Morgan fingerprint density at radius 3 is 1.43 bits per heavy atom. The molecule has 0 spiro atoms. The van der Waals surface area contributed by atoms with Gasteiger partial charge in [0.15, 0.2) is 0 Å². The summed E-state index contributed by atoms with van der Waals surface area (Å²) < 4.78 is 8.77. The second kappa shape index (κ2) is 5.44. The van der Waals surface area contributed by atoms with E-state index in [1.165, 1.54) is 0 Å². The van der Waals surface area contributed by atoms with Gasteiger partial charge in [-0.05, 0) is 0 Å². The summed E-state index contributed by atoms with van der Waals surface area (Å²) in [5.74, 6) is 0. The van der Waals surface area contributed by atoms with Crippen LogP contribution >= 0.6 is 7.82 Å². The van der Waals surface area contributed by atoms with E-state index in [0.29, 0.717) is 0 Å². The molecule has 0 atom stereocenters. The van der Waals surface area contributed by atoms with Crippen molar-refractivity contribution >= 4 is 45.6 Å². The van der Waals surface area contributed by atoms with Gasteiger partial charge < -0.3 is 19.4 Å². The van der Waals surface area contributed by atoms with Gasteiger partial charge in [-0.25, -0.2) is 0 Å². The summed E-state index contributed by atoms with van der Waals surface area (Å²) in [7, 11) is -4.89. The number of rotatable bonds is 0. The van der Waals surface area contributed by atoms with Gasteiger partial charge in [0.2, 0.25) is 0 Å². The fourth-order valence-corrected chi connectivity index (χ4v) is 0. The zero-order valence-corrected chi connectivity index (χ0v) is 6.35. The maximum atomic E-state index is 8.77. The molecule has 40 valence electrons. The summed E-state index contributed by atoms with van der Waals surface area (Å²) in [6, 6.07) is 0.